The second kappa shape index (κ2) is 8.79. The number of hydrogen-bond acceptors (Lipinski definition) is 4. The van der Waals surface area contributed by atoms with Crippen LogP contribution in [0.15, 0.2) is 45.3 Å². The Labute approximate surface area is 162 Å². The Morgan fingerprint density at radius 2 is 1.88 bits per heavy atom. The molecule has 0 amide bonds. The Hall–Kier alpha value is -2.17. The minimum Gasteiger partial charge on any atom is -0.491 e. The fraction of sp³-hybridized carbons (Fsp3) is 0.167. The van der Waals surface area contributed by atoms with Gasteiger partial charge in [-0.25, -0.2) is 0 Å². The average Bonchev–Trinajstić information content (AvgIpc) is 2.59. The number of allylic oxidation sites excluding steroid dienone is 1. The predicted molar refractivity (Wildman–Crippen MR) is 104 cm³/mol. The summed E-state index contributed by atoms with van der Waals surface area (Å²) in [5.74, 6) is 0.716. The number of hydrogen-bond donors (Lipinski definition) is 0. The lowest BCUT2D eigenvalue weighted by Crippen LogP contribution is -1.97. The summed E-state index contributed by atoms with van der Waals surface area (Å²) in [7, 11) is 0. The molecular formula is C18H14Br2N2O3. The van der Waals surface area contributed by atoms with Gasteiger partial charge in [0.1, 0.15) is 5.75 Å². The number of nitro groups is 1. The normalized spacial score (nSPS) is 11.0. The lowest BCUT2D eigenvalue weighted by atomic mass is 10.0. The number of benzene rings is 2. The molecule has 0 spiro atoms. The molecule has 0 aliphatic rings. The first-order chi connectivity index (χ1) is 12.0. The predicted octanol–water partition coefficient (Wildman–Crippen LogP) is 5.97. The van der Waals surface area contributed by atoms with Gasteiger partial charge in [-0.3, -0.25) is 10.1 Å². The Morgan fingerprint density at radius 3 is 2.36 bits per heavy atom. The van der Waals surface area contributed by atoms with Gasteiger partial charge in [0.15, 0.2) is 0 Å². The zero-order valence-electron chi connectivity index (χ0n) is 13.3. The molecule has 25 heavy (non-hydrogen) atoms. The topological polar surface area (TPSA) is 76.2 Å². The summed E-state index contributed by atoms with van der Waals surface area (Å²) in [6.45, 7) is 2.64. The first-order valence-electron chi connectivity index (χ1n) is 7.44. The summed E-state index contributed by atoms with van der Waals surface area (Å²) >= 11 is 6.96. The first kappa shape index (κ1) is 19.2. The van der Waals surface area contributed by atoms with Gasteiger partial charge in [0, 0.05) is 12.1 Å². The molecular weight excluding hydrogens is 452 g/mol. The van der Waals surface area contributed by atoms with E-state index in [2.05, 4.69) is 37.9 Å². The molecule has 0 aliphatic heterocycles. The van der Waals surface area contributed by atoms with Crippen LogP contribution in [0, 0.1) is 21.4 Å². The number of ether oxygens (including phenoxy) is 1. The molecule has 0 unspecified atom stereocenters. The van der Waals surface area contributed by atoms with Crippen LogP contribution in [-0.4, -0.2) is 11.5 Å². The second-order valence-corrected chi connectivity index (χ2v) is 6.84. The third-order valence-corrected chi connectivity index (χ3v) is 4.47. The summed E-state index contributed by atoms with van der Waals surface area (Å²) in [6, 6.07) is 11.7. The lowest BCUT2D eigenvalue weighted by molar-refractivity contribution is -0.384. The van der Waals surface area contributed by atoms with Crippen LogP contribution in [0.25, 0.3) is 11.6 Å². The van der Waals surface area contributed by atoms with Crippen molar-refractivity contribution in [2.24, 2.45) is 0 Å². The van der Waals surface area contributed by atoms with Gasteiger partial charge in [0.05, 0.1) is 32.1 Å². The molecule has 0 bridgehead atoms. The molecule has 0 aliphatic carbocycles. The van der Waals surface area contributed by atoms with Crippen molar-refractivity contribution >= 4 is 49.2 Å². The molecule has 0 atom stereocenters. The highest BCUT2D eigenvalue weighted by atomic mass is 79.9. The Morgan fingerprint density at radius 1 is 1.28 bits per heavy atom. The zero-order chi connectivity index (χ0) is 18.4. The average molecular weight is 466 g/mol. The van der Waals surface area contributed by atoms with E-state index in [9.17, 15) is 15.4 Å². The van der Waals surface area contributed by atoms with E-state index in [1.54, 1.807) is 18.2 Å². The molecule has 0 aromatic heterocycles. The van der Waals surface area contributed by atoms with E-state index < -0.39 is 4.92 Å². The van der Waals surface area contributed by atoms with Crippen LogP contribution in [-0.2, 0) is 0 Å². The maximum Gasteiger partial charge on any atom is 0.269 e. The maximum absolute atomic E-state index is 10.7. The molecule has 0 heterocycles. The van der Waals surface area contributed by atoms with Crippen molar-refractivity contribution in [2.75, 3.05) is 6.61 Å². The van der Waals surface area contributed by atoms with Crippen molar-refractivity contribution in [2.45, 2.75) is 13.3 Å². The maximum atomic E-state index is 10.7. The zero-order valence-corrected chi connectivity index (χ0v) is 16.5. The highest BCUT2D eigenvalue weighted by Crippen LogP contribution is 2.36. The smallest absolute Gasteiger partial charge is 0.269 e. The van der Waals surface area contributed by atoms with E-state index in [0.717, 1.165) is 20.9 Å². The summed E-state index contributed by atoms with van der Waals surface area (Å²) in [5.41, 5.74) is 1.82. The van der Waals surface area contributed by atoms with E-state index in [4.69, 9.17) is 4.74 Å². The Kier molecular flexibility index (Phi) is 6.73. The monoisotopic (exact) mass is 464 g/mol. The van der Waals surface area contributed by atoms with Crippen LogP contribution in [0.2, 0.25) is 0 Å². The molecule has 0 saturated carbocycles. The van der Waals surface area contributed by atoms with Crippen LogP contribution < -0.4 is 4.74 Å². The molecule has 0 radical (unpaired) electrons. The highest BCUT2D eigenvalue weighted by molar-refractivity contribution is 9.11. The minimum absolute atomic E-state index is 0.0102. The molecule has 2 aromatic carbocycles. The summed E-state index contributed by atoms with van der Waals surface area (Å²) in [6.07, 6.45) is 2.62. The molecule has 0 N–H and O–H groups in total. The van der Waals surface area contributed by atoms with Gasteiger partial charge in [-0.15, -0.1) is 0 Å². The Balaban J connectivity index is 2.36. The molecule has 0 saturated heterocycles. The molecule has 0 fully saturated rings. The first-order valence-corrected chi connectivity index (χ1v) is 9.03. The van der Waals surface area contributed by atoms with Crippen molar-refractivity contribution in [3.05, 3.63) is 66.6 Å². The van der Waals surface area contributed by atoms with Gasteiger partial charge in [-0.2, -0.15) is 5.26 Å². The fourth-order valence-electron chi connectivity index (χ4n) is 2.11. The van der Waals surface area contributed by atoms with Crippen molar-refractivity contribution in [3.63, 3.8) is 0 Å². The standard InChI is InChI=1S/C18H14Br2N2O3/c1-2-7-25-18-16(19)9-12(10-17(18)20)8-14(11-21)13-3-5-15(6-4-13)22(23)24/h3-6,8-10H,2,7H2,1H3/b14-8+. The minimum atomic E-state index is -0.469. The number of non-ortho nitro benzene ring substituents is 1. The largest absolute Gasteiger partial charge is 0.491 e. The van der Waals surface area contributed by atoms with Gasteiger partial charge in [0.25, 0.3) is 5.69 Å². The van der Waals surface area contributed by atoms with Crippen molar-refractivity contribution in [1.29, 1.82) is 5.26 Å². The Bertz CT molecular complexity index is 833. The summed E-state index contributed by atoms with van der Waals surface area (Å²) in [4.78, 5) is 10.3. The molecule has 128 valence electrons. The van der Waals surface area contributed by atoms with Gasteiger partial charge in [-0.1, -0.05) is 6.92 Å². The summed E-state index contributed by atoms with van der Waals surface area (Å²) < 4.78 is 7.24. The van der Waals surface area contributed by atoms with E-state index >= 15 is 0 Å². The number of halogens is 2. The van der Waals surface area contributed by atoms with Crippen molar-refractivity contribution in [3.8, 4) is 11.8 Å². The molecule has 7 heteroatoms. The second-order valence-electron chi connectivity index (χ2n) is 5.14. The number of nitriles is 1. The van der Waals surface area contributed by atoms with Gasteiger partial charge in [-0.05, 0) is 79.7 Å². The van der Waals surface area contributed by atoms with Crippen LogP contribution in [0.1, 0.15) is 24.5 Å². The highest BCUT2D eigenvalue weighted by Gasteiger charge is 2.10. The van der Waals surface area contributed by atoms with Crippen LogP contribution >= 0.6 is 31.9 Å². The number of nitrogens with zero attached hydrogens (tertiary/aromatic N) is 2. The number of rotatable bonds is 6. The SMILES string of the molecule is CCCOc1c(Br)cc(/C=C(\C#N)c2ccc([N+](=O)[O-])cc2)cc1Br. The van der Waals surface area contributed by atoms with Gasteiger partial charge in [0.2, 0.25) is 0 Å². The molecule has 5 nitrogen and oxygen atoms in total. The molecule has 2 aromatic rings. The van der Waals surface area contributed by atoms with E-state index in [-0.39, 0.29) is 5.69 Å². The third-order valence-electron chi connectivity index (χ3n) is 3.29. The fourth-order valence-corrected chi connectivity index (χ4v) is 3.57. The molecule has 2 rings (SSSR count). The quantitative estimate of drug-likeness (QED) is 0.228. The van der Waals surface area contributed by atoms with Crippen molar-refractivity contribution < 1.29 is 9.66 Å². The van der Waals surface area contributed by atoms with Crippen LogP contribution in [0.4, 0.5) is 5.69 Å². The van der Waals surface area contributed by atoms with Crippen molar-refractivity contribution in [1.82, 2.24) is 0 Å². The van der Waals surface area contributed by atoms with Crippen LogP contribution in [0.5, 0.6) is 5.75 Å². The van der Waals surface area contributed by atoms with E-state index in [1.165, 1.54) is 12.1 Å². The van der Waals surface area contributed by atoms with Gasteiger partial charge < -0.3 is 4.74 Å². The number of nitro benzene ring substituents is 1. The van der Waals surface area contributed by atoms with E-state index in [0.29, 0.717) is 23.5 Å². The summed E-state index contributed by atoms with van der Waals surface area (Å²) in [5, 5.41) is 20.2. The third kappa shape index (κ3) is 4.91. The van der Waals surface area contributed by atoms with E-state index in [1.807, 2.05) is 19.1 Å². The lowest BCUT2D eigenvalue weighted by Gasteiger charge is -2.10. The van der Waals surface area contributed by atoms with Crippen LogP contribution in [0.3, 0.4) is 0 Å². The van der Waals surface area contributed by atoms with Gasteiger partial charge >= 0.3 is 0 Å².